The summed E-state index contributed by atoms with van der Waals surface area (Å²) < 4.78 is 0. The highest BCUT2D eigenvalue weighted by Gasteiger charge is 2.07. The summed E-state index contributed by atoms with van der Waals surface area (Å²) >= 11 is 1.34. The van der Waals surface area contributed by atoms with E-state index in [4.69, 9.17) is 0 Å². The predicted octanol–water partition coefficient (Wildman–Crippen LogP) is 1.51. The average molecular weight is 196 g/mol. The number of nitrogens with zero attached hydrogens (tertiary/aromatic N) is 2. The molecule has 0 spiro atoms. The third kappa shape index (κ3) is 3.33. The van der Waals surface area contributed by atoms with Crippen molar-refractivity contribution >= 4 is 18.0 Å². The first-order valence-corrected chi connectivity index (χ1v) is 4.67. The minimum absolute atomic E-state index is 0.351. The average Bonchev–Trinajstić information content (AvgIpc) is 2.21. The zero-order valence-electron chi connectivity index (χ0n) is 6.79. The van der Waals surface area contributed by atoms with E-state index in [9.17, 15) is 9.70 Å². The Morgan fingerprint density at radius 3 is 3.00 bits per heavy atom. The van der Waals surface area contributed by atoms with Crippen molar-refractivity contribution in [1.82, 2.24) is 4.98 Å². The van der Waals surface area contributed by atoms with Crippen LogP contribution in [0.2, 0.25) is 0 Å². The van der Waals surface area contributed by atoms with Gasteiger partial charge in [-0.05, 0) is 12.1 Å². The van der Waals surface area contributed by atoms with Gasteiger partial charge in [0.25, 0.3) is 0 Å². The van der Waals surface area contributed by atoms with Gasteiger partial charge >= 0.3 is 0 Å². The van der Waals surface area contributed by atoms with Crippen molar-refractivity contribution in [3.05, 3.63) is 29.3 Å². The Morgan fingerprint density at radius 1 is 1.62 bits per heavy atom. The van der Waals surface area contributed by atoms with E-state index in [1.807, 2.05) is 12.1 Å². The standard InChI is InChI=1S/C8H8N2O2S/c11-5-7(10-12)6-13-8-3-1-2-4-9-8/h1-5,7H,6H2. The Bertz CT molecular complexity index is 271. The molecule has 0 amide bonds. The second-order valence-electron chi connectivity index (χ2n) is 2.29. The highest BCUT2D eigenvalue weighted by atomic mass is 32.2. The predicted molar refractivity (Wildman–Crippen MR) is 50.6 cm³/mol. The Kier molecular flexibility index (Phi) is 4.11. The molecule has 0 N–H and O–H groups in total. The summed E-state index contributed by atoms with van der Waals surface area (Å²) in [5.41, 5.74) is 0. The molecule has 0 aromatic carbocycles. The van der Waals surface area contributed by atoms with Gasteiger partial charge in [0.05, 0.1) is 5.03 Å². The van der Waals surface area contributed by atoms with Crippen LogP contribution in [0, 0.1) is 4.91 Å². The van der Waals surface area contributed by atoms with Gasteiger partial charge in [-0.3, -0.25) is 0 Å². The minimum Gasteiger partial charge on any atom is -0.301 e. The van der Waals surface area contributed by atoms with Crippen LogP contribution in [0.15, 0.2) is 34.6 Å². The van der Waals surface area contributed by atoms with Crippen LogP contribution in [0.5, 0.6) is 0 Å². The van der Waals surface area contributed by atoms with Crippen LogP contribution in [0.4, 0.5) is 0 Å². The zero-order chi connectivity index (χ0) is 9.52. The first kappa shape index (κ1) is 9.85. The summed E-state index contributed by atoms with van der Waals surface area (Å²) in [6.07, 6.45) is 2.20. The molecule has 0 aliphatic carbocycles. The fourth-order valence-electron chi connectivity index (χ4n) is 0.698. The third-order valence-electron chi connectivity index (χ3n) is 1.33. The maximum Gasteiger partial charge on any atom is 0.156 e. The Hall–Kier alpha value is -1.23. The molecular formula is C8H8N2O2S. The number of hydrogen-bond acceptors (Lipinski definition) is 5. The van der Waals surface area contributed by atoms with E-state index in [1.165, 1.54) is 11.8 Å². The Labute approximate surface area is 79.7 Å². The molecule has 1 aromatic rings. The van der Waals surface area contributed by atoms with Crippen LogP contribution in [-0.2, 0) is 4.79 Å². The number of aromatic nitrogens is 1. The SMILES string of the molecule is O=CC(CSc1ccccn1)N=O. The maximum absolute atomic E-state index is 10.2. The molecule has 0 radical (unpaired) electrons. The molecule has 0 bridgehead atoms. The molecular weight excluding hydrogens is 188 g/mol. The smallest absolute Gasteiger partial charge is 0.156 e. The highest BCUT2D eigenvalue weighted by molar-refractivity contribution is 7.99. The van der Waals surface area contributed by atoms with E-state index < -0.39 is 6.04 Å². The third-order valence-corrected chi connectivity index (χ3v) is 2.38. The fraction of sp³-hybridized carbons (Fsp3) is 0.250. The fourth-order valence-corrected chi connectivity index (χ4v) is 1.49. The van der Waals surface area contributed by atoms with E-state index in [2.05, 4.69) is 10.2 Å². The number of carbonyl (C=O) groups excluding carboxylic acids is 1. The lowest BCUT2D eigenvalue weighted by Gasteiger charge is -1.99. The number of hydrogen-bond donors (Lipinski definition) is 0. The normalized spacial score (nSPS) is 12.0. The second-order valence-corrected chi connectivity index (χ2v) is 3.33. The molecule has 68 valence electrons. The van der Waals surface area contributed by atoms with Crippen LogP contribution in [-0.4, -0.2) is 23.1 Å². The van der Waals surface area contributed by atoms with E-state index in [0.717, 1.165) is 5.03 Å². The summed E-state index contributed by atoms with van der Waals surface area (Å²) in [5.74, 6) is 0.351. The number of thioether (sulfide) groups is 1. The van der Waals surface area contributed by atoms with Crippen LogP contribution < -0.4 is 0 Å². The van der Waals surface area contributed by atoms with Crippen LogP contribution in [0.3, 0.4) is 0 Å². The van der Waals surface area contributed by atoms with E-state index >= 15 is 0 Å². The van der Waals surface area contributed by atoms with Crippen molar-refractivity contribution in [3.63, 3.8) is 0 Å². The van der Waals surface area contributed by atoms with Gasteiger partial charge in [0, 0.05) is 11.9 Å². The van der Waals surface area contributed by atoms with Gasteiger partial charge in [0.15, 0.2) is 6.04 Å². The maximum atomic E-state index is 10.2. The monoisotopic (exact) mass is 196 g/mol. The molecule has 0 saturated heterocycles. The molecule has 0 aliphatic heterocycles. The Balaban J connectivity index is 2.42. The summed E-state index contributed by atoms with van der Waals surface area (Å²) in [6, 6.07) is 4.70. The van der Waals surface area contributed by atoms with Gasteiger partial charge in [-0.15, -0.1) is 11.8 Å². The van der Waals surface area contributed by atoms with Crippen molar-refractivity contribution in [1.29, 1.82) is 0 Å². The molecule has 0 saturated carbocycles. The van der Waals surface area contributed by atoms with Crippen LogP contribution >= 0.6 is 11.8 Å². The highest BCUT2D eigenvalue weighted by Crippen LogP contribution is 2.15. The largest absolute Gasteiger partial charge is 0.301 e. The first-order chi connectivity index (χ1) is 6.36. The number of aldehydes is 1. The molecule has 1 unspecified atom stereocenters. The van der Waals surface area contributed by atoms with Gasteiger partial charge in [-0.1, -0.05) is 11.2 Å². The second kappa shape index (κ2) is 5.42. The number of rotatable bonds is 5. The first-order valence-electron chi connectivity index (χ1n) is 3.68. The topological polar surface area (TPSA) is 59.4 Å². The van der Waals surface area contributed by atoms with Gasteiger partial charge in [0.2, 0.25) is 0 Å². The van der Waals surface area contributed by atoms with Gasteiger partial charge in [-0.2, -0.15) is 4.91 Å². The van der Waals surface area contributed by atoms with Crippen molar-refractivity contribution < 1.29 is 4.79 Å². The minimum atomic E-state index is -0.771. The lowest BCUT2D eigenvalue weighted by Crippen LogP contribution is -2.08. The molecule has 4 nitrogen and oxygen atoms in total. The van der Waals surface area contributed by atoms with Crippen LogP contribution in [0.25, 0.3) is 0 Å². The molecule has 0 fully saturated rings. The van der Waals surface area contributed by atoms with Crippen LogP contribution in [0.1, 0.15) is 0 Å². The molecule has 1 aromatic heterocycles. The molecule has 1 rings (SSSR count). The van der Waals surface area contributed by atoms with E-state index in [0.29, 0.717) is 12.0 Å². The quantitative estimate of drug-likeness (QED) is 0.407. The van der Waals surface area contributed by atoms with Gasteiger partial charge in [-0.25, -0.2) is 4.98 Å². The molecule has 5 heteroatoms. The summed E-state index contributed by atoms with van der Waals surface area (Å²) in [4.78, 5) is 24.3. The lowest BCUT2D eigenvalue weighted by molar-refractivity contribution is -0.108. The molecule has 1 atom stereocenters. The van der Waals surface area contributed by atoms with E-state index in [1.54, 1.807) is 12.3 Å². The number of pyridine rings is 1. The summed E-state index contributed by atoms with van der Waals surface area (Å²) in [6.45, 7) is 0. The number of nitroso groups, excluding NO2 is 1. The molecule has 1 heterocycles. The van der Waals surface area contributed by atoms with Gasteiger partial charge in [0.1, 0.15) is 6.29 Å². The van der Waals surface area contributed by atoms with Crippen molar-refractivity contribution in [2.45, 2.75) is 11.1 Å². The zero-order valence-corrected chi connectivity index (χ0v) is 7.61. The Morgan fingerprint density at radius 2 is 2.46 bits per heavy atom. The van der Waals surface area contributed by atoms with Crippen molar-refractivity contribution in [3.8, 4) is 0 Å². The van der Waals surface area contributed by atoms with Crippen molar-refractivity contribution in [2.24, 2.45) is 5.18 Å². The summed E-state index contributed by atoms with van der Waals surface area (Å²) in [7, 11) is 0. The number of carbonyl (C=O) groups is 1. The van der Waals surface area contributed by atoms with Crippen molar-refractivity contribution in [2.75, 3.05) is 5.75 Å². The molecule has 0 aliphatic rings. The van der Waals surface area contributed by atoms with E-state index in [-0.39, 0.29) is 0 Å². The summed E-state index contributed by atoms with van der Waals surface area (Å²) in [5, 5.41) is 3.44. The van der Waals surface area contributed by atoms with Gasteiger partial charge < -0.3 is 4.79 Å². The molecule has 13 heavy (non-hydrogen) atoms. The lowest BCUT2D eigenvalue weighted by atomic mass is 10.4.